The fourth-order valence-electron chi connectivity index (χ4n) is 16.4. The third kappa shape index (κ3) is 14.6. The molecule has 0 aromatic heterocycles. The maximum atomic E-state index is 7.95. The van der Waals surface area contributed by atoms with Crippen molar-refractivity contribution in [3.05, 3.63) is 459 Å². The highest BCUT2D eigenvalue weighted by Crippen LogP contribution is 2.50. The second kappa shape index (κ2) is 34.2. The molecule has 0 fully saturated rings. The minimum Gasteiger partial charge on any atom is -0.528 e. The first-order valence-electron chi connectivity index (χ1n) is 38.5. The molecule has 0 heterocycles. The summed E-state index contributed by atoms with van der Waals surface area (Å²) in [6.07, 6.45) is 0. The largest absolute Gasteiger partial charge is 0.528 e. The summed E-state index contributed by atoms with van der Waals surface area (Å²) >= 11 is 0. The van der Waals surface area contributed by atoms with Gasteiger partial charge in [0.25, 0.3) is 0 Å². The van der Waals surface area contributed by atoms with Crippen LogP contribution in [0.2, 0.25) is 0 Å². The van der Waals surface area contributed by atoms with E-state index >= 15 is 0 Å². The molecule has 8 nitrogen and oxygen atoms in total. The average Bonchev–Trinajstić information content (AvgIpc) is 0.760. The molecule has 0 aliphatic heterocycles. The smallest absolute Gasteiger partial charge is 0.347 e. The van der Waals surface area contributed by atoms with Crippen LogP contribution >= 0.6 is 0 Å². The summed E-state index contributed by atoms with van der Waals surface area (Å²) in [5, 5.41) is 12.9. The summed E-state index contributed by atoms with van der Waals surface area (Å²) in [5.74, 6) is 3.35. The molecule has 558 valence electrons. The number of benzene rings is 16. The second-order valence-electron chi connectivity index (χ2n) is 28.1. The number of hydrogen-bond acceptors (Lipinski definition) is 8. The lowest BCUT2D eigenvalue weighted by Crippen LogP contribution is -2.71. The third-order valence-electron chi connectivity index (χ3n) is 21.7. The first-order valence-corrected chi connectivity index (χ1v) is 46.1. The van der Waals surface area contributed by atoms with Crippen LogP contribution in [0, 0.1) is 0 Å². The van der Waals surface area contributed by atoms with Crippen LogP contribution in [0.5, 0.6) is 46.0 Å². The molecule has 0 amide bonds. The predicted molar refractivity (Wildman–Crippen MR) is 474 cm³/mol. The summed E-state index contributed by atoms with van der Waals surface area (Å²) in [4.78, 5) is 0. The minimum atomic E-state index is -3.41. The second-order valence-corrected chi connectivity index (χ2v) is 41.3. The molecule has 16 aromatic carbocycles. The zero-order valence-corrected chi connectivity index (χ0v) is 68.0. The van der Waals surface area contributed by atoms with E-state index in [2.05, 4.69) is 437 Å². The Bertz CT molecular complexity index is 4690. The van der Waals surface area contributed by atoms with E-state index in [4.69, 9.17) is 36.7 Å². The Morgan fingerprint density at radius 1 is 0.149 bits per heavy atom. The topological polar surface area (TPSA) is 73.8 Å². The maximum absolute atomic E-state index is 7.95. The molecule has 16 rings (SSSR count). The van der Waals surface area contributed by atoms with Gasteiger partial charge in [-0.2, -0.15) is 0 Å². The summed E-state index contributed by atoms with van der Waals surface area (Å²) in [5.41, 5.74) is 3.61. The number of rotatable bonds is 29. The van der Waals surface area contributed by atoms with Gasteiger partial charge in [-0.15, -0.1) is 0 Å². The van der Waals surface area contributed by atoms with Gasteiger partial charge < -0.3 is 36.7 Å². The van der Waals surface area contributed by atoms with Gasteiger partial charge in [-0.25, -0.2) is 0 Å². The van der Waals surface area contributed by atoms with Crippen molar-refractivity contribution in [2.45, 2.75) is 11.8 Å². The lowest BCUT2D eigenvalue weighted by molar-refractivity contribution is 0.390. The molecule has 0 aliphatic carbocycles. The van der Waals surface area contributed by atoms with Crippen LogP contribution in [0.4, 0.5) is 0 Å². The van der Waals surface area contributed by atoms with Gasteiger partial charge in [-0.3, -0.25) is 0 Å². The highest BCUT2D eigenvalue weighted by Gasteiger charge is 2.49. The monoisotopic (exact) mass is 1550 g/mol. The van der Waals surface area contributed by atoms with E-state index in [1.54, 1.807) is 28.4 Å². The van der Waals surface area contributed by atoms with Gasteiger partial charge in [-0.1, -0.05) is 388 Å². The van der Waals surface area contributed by atoms with E-state index < -0.39 is 45.1 Å². The summed E-state index contributed by atoms with van der Waals surface area (Å²) in [7, 11) is -6.72. The Morgan fingerprint density at radius 2 is 0.272 bits per heavy atom. The van der Waals surface area contributed by atoms with Crippen molar-refractivity contribution in [1.82, 2.24) is 0 Å². The Morgan fingerprint density at radius 3 is 0.386 bits per heavy atom. The Kier molecular flexibility index (Phi) is 22.4. The first kappa shape index (κ1) is 74.9. The van der Waals surface area contributed by atoms with Gasteiger partial charge >= 0.3 is 33.3 Å². The summed E-state index contributed by atoms with van der Waals surface area (Å²) in [6, 6.07) is 153. The van der Waals surface area contributed by atoms with Crippen molar-refractivity contribution >= 4 is 95.5 Å². The van der Waals surface area contributed by atoms with Gasteiger partial charge in [0.15, 0.2) is 23.0 Å². The molecular weight excluding hydrogens is 1470 g/mol. The molecule has 0 N–H and O–H groups in total. The fourth-order valence-corrected chi connectivity index (χ4v) is 31.8. The molecule has 0 spiro atoms. The Balaban J connectivity index is 0.946. The normalized spacial score (nSPS) is 11.7. The summed E-state index contributed by atoms with van der Waals surface area (Å²) in [6.45, 7) is 0. The van der Waals surface area contributed by atoms with Crippen molar-refractivity contribution in [1.29, 1.82) is 0 Å². The molecule has 12 heteroatoms. The van der Waals surface area contributed by atoms with Crippen LogP contribution in [-0.4, -0.2) is 61.7 Å². The van der Waals surface area contributed by atoms with E-state index in [-0.39, 0.29) is 0 Å². The third-order valence-corrected chi connectivity index (χ3v) is 37.6. The molecule has 0 unspecified atom stereocenters. The van der Waals surface area contributed by atoms with E-state index in [0.717, 1.165) is 84.5 Å². The number of ether oxygens (including phenoxy) is 4. The predicted octanol–water partition coefficient (Wildman–Crippen LogP) is 14.9. The Labute approximate surface area is 672 Å². The van der Waals surface area contributed by atoms with Gasteiger partial charge in [0.1, 0.15) is 23.0 Å². The van der Waals surface area contributed by atoms with Gasteiger partial charge in [0.2, 0.25) is 0 Å². The van der Waals surface area contributed by atoms with Crippen LogP contribution in [0.1, 0.15) is 34.1 Å². The van der Waals surface area contributed by atoms with Crippen LogP contribution in [0.15, 0.2) is 437 Å². The number of methoxy groups -OCH3 is 4. The van der Waals surface area contributed by atoms with Gasteiger partial charge in [0.05, 0.1) is 28.4 Å². The van der Waals surface area contributed by atoms with Gasteiger partial charge in [0, 0.05) is 11.8 Å². The number of hydrogen-bond donors (Lipinski definition) is 0. The zero-order valence-electron chi connectivity index (χ0n) is 64.0. The SMILES string of the molecule is COc1cc(C(c2ccc(O[Si](c3ccccc3)(c3ccccc3)c3ccccc3)c(OC)c2)C(c2ccc(O[Si](c3ccccc3)(c3ccccc3)c3ccccc3)c(OC)c2)c2ccc(O[Si](c3ccccc3)(c3ccccc3)c3ccccc3)c(OC)c2)ccc1O[Si](c1ccccc1)(c1ccccc1)c1ccccc1. The molecule has 114 heavy (non-hydrogen) atoms. The van der Waals surface area contributed by atoms with E-state index in [9.17, 15) is 0 Å². The van der Waals surface area contributed by atoms with Crippen molar-refractivity contribution in [2.75, 3.05) is 28.4 Å². The first-order chi connectivity index (χ1) is 56.3. The van der Waals surface area contributed by atoms with Gasteiger partial charge in [-0.05, 0) is 133 Å². The van der Waals surface area contributed by atoms with E-state index in [1.807, 2.05) is 0 Å². The summed E-state index contributed by atoms with van der Waals surface area (Å²) < 4.78 is 58.9. The maximum Gasteiger partial charge on any atom is 0.347 e. The highest BCUT2D eigenvalue weighted by molar-refractivity contribution is 7.09. The van der Waals surface area contributed by atoms with Crippen LogP contribution in [0.3, 0.4) is 0 Å². The lowest BCUT2D eigenvalue weighted by Gasteiger charge is -2.36. The Hall–Kier alpha value is -13.2. The van der Waals surface area contributed by atoms with E-state index in [1.165, 1.54) is 0 Å². The molecule has 0 radical (unpaired) electrons. The standard InChI is InChI=1S/C102H86O8Si4/c1-103-97-73-77(65-69-93(97)107-111(81-41-17-5-18-42-81,82-43-19-6-20-44-82)83-45-21-7-22-46-83)101(78-66-70-94(98(74-78)104-2)108-112(84-47-23-8-24-48-84,85-49-25-9-26-50-85)86-51-27-10-28-52-86)102(79-67-71-95(99(75-79)105-3)109-113(87-53-29-11-30-54-87,88-55-31-12-32-56-88)89-57-33-13-34-58-89)80-68-72-96(100(76-80)106-4)110-114(90-59-35-14-36-60-90,91-61-37-15-38-62-91)92-63-39-16-40-64-92/h5-76,101-102H,1-4H3. The molecule has 0 atom stereocenters. The van der Waals surface area contributed by atoms with Crippen molar-refractivity contribution in [3.63, 3.8) is 0 Å². The molecule has 0 saturated heterocycles. The molecule has 0 aliphatic rings. The van der Waals surface area contributed by atoms with Crippen LogP contribution < -0.4 is 98.9 Å². The van der Waals surface area contributed by atoms with Crippen molar-refractivity contribution in [3.8, 4) is 46.0 Å². The quantitative estimate of drug-likeness (QED) is 0.0339. The molecular formula is C102H86O8Si4. The molecule has 16 aromatic rings. The highest BCUT2D eigenvalue weighted by atomic mass is 28.4. The van der Waals surface area contributed by atoms with Crippen LogP contribution in [-0.2, 0) is 0 Å². The average molecular weight is 1550 g/mol. The molecule has 0 saturated carbocycles. The van der Waals surface area contributed by atoms with Crippen molar-refractivity contribution < 1.29 is 36.7 Å². The lowest BCUT2D eigenvalue weighted by atomic mass is 9.73. The van der Waals surface area contributed by atoms with Crippen LogP contribution in [0.25, 0.3) is 0 Å². The minimum absolute atomic E-state index is 0.544. The van der Waals surface area contributed by atoms with E-state index in [0.29, 0.717) is 46.0 Å². The fraction of sp³-hybridized carbons (Fsp3) is 0.0588. The zero-order chi connectivity index (χ0) is 77.6. The van der Waals surface area contributed by atoms with Crippen molar-refractivity contribution in [2.24, 2.45) is 0 Å². The molecule has 0 bridgehead atoms.